The molecule has 0 spiro atoms. The molecule has 7 nitrogen and oxygen atoms in total. The Hall–Kier alpha value is -1.89. The lowest BCUT2D eigenvalue weighted by Crippen LogP contribution is -2.39. The third-order valence-corrected chi connectivity index (χ3v) is 3.25. The maximum Gasteiger partial charge on any atom is 0.332 e. The number of hydrogen-bond acceptors (Lipinski definition) is 4. The predicted octanol–water partition coefficient (Wildman–Crippen LogP) is 0.293. The third-order valence-electron chi connectivity index (χ3n) is 3.25. The van der Waals surface area contributed by atoms with E-state index in [9.17, 15) is 14.7 Å². The molecule has 0 aliphatic rings. The van der Waals surface area contributed by atoms with Gasteiger partial charge >= 0.3 is 5.69 Å². The average molecular weight is 300 g/mol. The van der Waals surface area contributed by atoms with E-state index in [0.717, 1.165) is 20.6 Å². The van der Waals surface area contributed by atoms with Crippen LogP contribution in [0, 0.1) is 6.92 Å². The van der Waals surface area contributed by atoms with Crippen LogP contribution >= 0.6 is 0 Å². The lowest BCUT2D eigenvalue weighted by atomic mass is 10.2. The highest BCUT2D eigenvalue weighted by molar-refractivity contribution is 5.70. The zero-order valence-electron chi connectivity index (χ0n) is 18.2. The van der Waals surface area contributed by atoms with E-state index in [1.165, 1.54) is 14.0 Å². The first-order valence-electron chi connectivity index (χ1n) is 9.51. The molecule has 21 heavy (non-hydrogen) atoms. The summed E-state index contributed by atoms with van der Waals surface area (Å²) in [6, 6.07) is 0. The highest BCUT2D eigenvalue weighted by atomic mass is 16.3. The van der Waals surface area contributed by atoms with Crippen molar-refractivity contribution in [2.75, 3.05) is 0 Å². The van der Waals surface area contributed by atoms with Crippen LogP contribution in [-0.2, 0) is 20.6 Å². The standard InChI is InChI=1S/C14H22N4O3/c1-9(19)7-5-6-8-18-13(20)11-12(17(4)14(18)21)15-10(2)16(11)3/h9,19H,5-8H2,1-4H3/i3D3,7D2,9D. The fourth-order valence-corrected chi connectivity index (χ4v) is 2.13. The summed E-state index contributed by atoms with van der Waals surface area (Å²) in [6.07, 6.45) is -4.86. The zero-order chi connectivity index (χ0) is 20.9. The minimum atomic E-state index is -2.66. The molecule has 2 aromatic rings. The lowest BCUT2D eigenvalue weighted by Gasteiger charge is -2.09. The molecule has 0 aromatic carbocycles. The van der Waals surface area contributed by atoms with E-state index in [4.69, 9.17) is 8.22 Å². The number of nitrogens with zero attached hydrogens (tertiary/aromatic N) is 4. The molecule has 2 rings (SSSR count). The van der Waals surface area contributed by atoms with Gasteiger partial charge in [0, 0.05) is 27.4 Å². The Morgan fingerprint density at radius 2 is 2.14 bits per heavy atom. The topological polar surface area (TPSA) is 82.1 Å². The molecular weight excluding hydrogens is 272 g/mol. The molecule has 1 atom stereocenters. The molecule has 1 N–H and O–H groups in total. The van der Waals surface area contributed by atoms with E-state index in [1.54, 1.807) is 0 Å². The van der Waals surface area contributed by atoms with Crippen LogP contribution in [0.15, 0.2) is 9.59 Å². The Balaban J connectivity index is 2.53. The molecule has 1 unspecified atom stereocenters. The number of imidazole rings is 1. The van der Waals surface area contributed by atoms with Crippen LogP contribution in [0.5, 0.6) is 0 Å². The van der Waals surface area contributed by atoms with Crippen molar-refractivity contribution in [1.82, 2.24) is 18.7 Å². The Morgan fingerprint density at radius 1 is 1.43 bits per heavy atom. The van der Waals surface area contributed by atoms with Gasteiger partial charge in [-0.25, -0.2) is 9.78 Å². The fourth-order valence-electron chi connectivity index (χ4n) is 2.13. The van der Waals surface area contributed by atoms with Crippen molar-refractivity contribution in [2.45, 2.75) is 45.7 Å². The molecule has 0 aliphatic carbocycles. The maximum absolute atomic E-state index is 12.8. The van der Waals surface area contributed by atoms with Gasteiger partial charge in [-0.2, -0.15) is 0 Å². The summed E-state index contributed by atoms with van der Waals surface area (Å²) in [4.78, 5) is 29.3. The van der Waals surface area contributed by atoms with Crippen LogP contribution in [0.25, 0.3) is 11.2 Å². The minimum absolute atomic E-state index is 0.0103. The minimum Gasteiger partial charge on any atom is -0.393 e. The summed E-state index contributed by atoms with van der Waals surface area (Å²) in [5.74, 6) is 0.0661. The molecule has 7 heteroatoms. The molecule has 0 amide bonds. The van der Waals surface area contributed by atoms with E-state index < -0.39 is 30.7 Å². The number of aryl methyl sites for hydroxylation is 3. The Bertz CT molecular complexity index is 980. The van der Waals surface area contributed by atoms with E-state index in [-0.39, 0.29) is 36.4 Å². The second kappa shape index (κ2) is 5.85. The van der Waals surface area contributed by atoms with Crippen LogP contribution in [0.3, 0.4) is 0 Å². The number of hydrogen-bond donors (Lipinski definition) is 1. The van der Waals surface area contributed by atoms with Crippen LogP contribution in [0.4, 0.5) is 0 Å². The highest BCUT2D eigenvalue weighted by Gasteiger charge is 2.16. The SMILES string of the molecule is [2H]C([2H])([2H])n1c(C)nc2c1c(=O)n(CCCC([2H])([2H])C([2H])(C)O)c(=O)n2C. The molecule has 0 aliphatic heterocycles. The van der Waals surface area contributed by atoms with Crippen molar-refractivity contribution < 1.29 is 13.3 Å². The molecule has 2 heterocycles. The van der Waals surface area contributed by atoms with Crippen LogP contribution < -0.4 is 11.2 Å². The molecule has 0 saturated heterocycles. The Morgan fingerprint density at radius 3 is 2.76 bits per heavy atom. The van der Waals surface area contributed by atoms with Gasteiger partial charge in [0.2, 0.25) is 0 Å². The van der Waals surface area contributed by atoms with Crippen molar-refractivity contribution in [3.8, 4) is 0 Å². The van der Waals surface area contributed by atoms with Crippen LogP contribution in [-0.4, -0.2) is 29.9 Å². The molecular formula is C14H22N4O3. The second-order valence-electron chi connectivity index (χ2n) is 4.83. The van der Waals surface area contributed by atoms with E-state index in [0.29, 0.717) is 0 Å². The molecule has 0 fully saturated rings. The average Bonchev–Trinajstić information content (AvgIpc) is 2.85. The molecule has 116 valence electrons. The summed E-state index contributed by atoms with van der Waals surface area (Å²) in [7, 11) is 1.37. The fraction of sp³-hybridized carbons (Fsp3) is 0.643. The summed E-state index contributed by atoms with van der Waals surface area (Å²) in [5.41, 5.74) is -1.81. The molecule has 0 radical (unpaired) electrons. The first-order chi connectivity index (χ1) is 12.1. The smallest absolute Gasteiger partial charge is 0.332 e. The van der Waals surface area contributed by atoms with Crippen LogP contribution in [0.1, 0.15) is 40.2 Å². The van der Waals surface area contributed by atoms with E-state index in [1.807, 2.05) is 0 Å². The number of fused-ring (bicyclic) bond motifs is 1. The highest BCUT2D eigenvalue weighted by Crippen LogP contribution is 2.08. The summed E-state index contributed by atoms with van der Waals surface area (Å²) in [6.45, 7) is -0.412. The Kier molecular flexibility index (Phi) is 2.56. The van der Waals surface area contributed by atoms with Gasteiger partial charge in [-0.15, -0.1) is 0 Å². The third kappa shape index (κ3) is 2.78. The monoisotopic (exact) mass is 300 g/mol. The normalized spacial score (nSPS) is 20.0. The first kappa shape index (κ1) is 9.19. The van der Waals surface area contributed by atoms with Gasteiger partial charge in [0.05, 0.1) is 7.45 Å². The number of rotatable bonds is 5. The zero-order valence-corrected chi connectivity index (χ0v) is 12.2. The van der Waals surface area contributed by atoms with Gasteiger partial charge in [-0.05, 0) is 33.1 Å². The predicted molar refractivity (Wildman–Crippen MR) is 80.5 cm³/mol. The van der Waals surface area contributed by atoms with Crippen molar-refractivity contribution >= 4 is 11.2 Å². The summed E-state index contributed by atoms with van der Waals surface area (Å²) >= 11 is 0. The number of aliphatic hydroxyl groups is 1. The first-order valence-corrected chi connectivity index (χ1v) is 6.51. The van der Waals surface area contributed by atoms with E-state index in [2.05, 4.69) is 4.98 Å². The summed E-state index contributed by atoms with van der Waals surface area (Å²) < 4.78 is 48.4. The van der Waals surface area contributed by atoms with Gasteiger partial charge in [0.25, 0.3) is 5.56 Å². The molecule has 0 saturated carbocycles. The summed E-state index contributed by atoms with van der Waals surface area (Å²) in [5, 5.41) is 9.55. The van der Waals surface area contributed by atoms with Gasteiger partial charge < -0.3 is 9.67 Å². The second-order valence-corrected chi connectivity index (χ2v) is 4.83. The van der Waals surface area contributed by atoms with Crippen molar-refractivity contribution in [2.24, 2.45) is 14.0 Å². The molecule has 0 bridgehead atoms. The Labute approximate surface area is 130 Å². The van der Waals surface area contributed by atoms with Crippen molar-refractivity contribution in [3.05, 3.63) is 26.7 Å². The van der Waals surface area contributed by atoms with Crippen molar-refractivity contribution in [1.29, 1.82) is 0 Å². The van der Waals surface area contributed by atoms with E-state index >= 15 is 0 Å². The van der Waals surface area contributed by atoms with Gasteiger partial charge in [0.15, 0.2) is 11.2 Å². The van der Waals surface area contributed by atoms with Gasteiger partial charge in [0.1, 0.15) is 5.82 Å². The van der Waals surface area contributed by atoms with Gasteiger partial charge in [-0.1, -0.05) is 0 Å². The quantitative estimate of drug-likeness (QED) is 0.860. The lowest BCUT2D eigenvalue weighted by molar-refractivity contribution is 0.180. The number of aromatic nitrogens is 4. The van der Waals surface area contributed by atoms with Crippen molar-refractivity contribution in [3.63, 3.8) is 0 Å². The van der Waals surface area contributed by atoms with Crippen LogP contribution in [0.2, 0.25) is 0 Å². The van der Waals surface area contributed by atoms with Gasteiger partial charge in [-0.3, -0.25) is 13.9 Å². The largest absolute Gasteiger partial charge is 0.393 e. The molecule has 2 aromatic heterocycles. The maximum atomic E-state index is 12.8.